The van der Waals surface area contributed by atoms with E-state index in [1.54, 1.807) is 12.3 Å². The van der Waals surface area contributed by atoms with E-state index >= 15 is 0 Å². The SMILES string of the molecule is O=C(O)NCCC(Cc1cccc(C(F)(F)F)c1)c1c[nH]cn1. The molecule has 1 aromatic heterocycles. The molecule has 1 amide bonds. The van der Waals surface area contributed by atoms with Gasteiger partial charge in [0.1, 0.15) is 0 Å². The average molecular weight is 327 g/mol. The molecule has 0 saturated carbocycles. The van der Waals surface area contributed by atoms with Crippen LogP contribution in [0.4, 0.5) is 18.0 Å². The Labute approximate surface area is 130 Å². The third kappa shape index (κ3) is 5.01. The lowest BCUT2D eigenvalue weighted by Gasteiger charge is -2.16. The van der Waals surface area contributed by atoms with E-state index in [1.807, 2.05) is 0 Å². The Morgan fingerprint density at radius 1 is 1.39 bits per heavy atom. The topological polar surface area (TPSA) is 78.0 Å². The molecule has 1 unspecified atom stereocenters. The van der Waals surface area contributed by atoms with Gasteiger partial charge in [0, 0.05) is 18.7 Å². The van der Waals surface area contributed by atoms with Gasteiger partial charge in [0.05, 0.1) is 17.6 Å². The molecule has 3 N–H and O–H groups in total. The van der Waals surface area contributed by atoms with Crippen LogP contribution in [0.25, 0.3) is 0 Å². The lowest BCUT2D eigenvalue weighted by atomic mass is 9.92. The second-order valence-corrected chi connectivity index (χ2v) is 5.11. The fourth-order valence-corrected chi connectivity index (χ4v) is 2.36. The van der Waals surface area contributed by atoms with Crippen LogP contribution in [0.2, 0.25) is 0 Å². The monoisotopic (exact) mass is 327 g/mol. The first-order valence-corrected chi connectivity index (χ1v) is 6.98. The number of rotatable bonds is 6. The Morgan fingerprint density at radius 3 is 2.78 bits per heavy atom. The molecule has 8 heteroatoms. The maximum atomic E-state index is 12.8. The number of benzene rings is 1. The van der Waals surface area contributed by atoms with Crippen molar-refractivity contribution in [2.45, 2.75) is 24.9 Å². The maximum absolute atomic E-state index is 12.8. The van der Waals surface area contributed by atoms with Crippen LogP contribution in [0.3, 0.4) is 0 Å². The van der Waals surface area contributed by atoms with Crippen molar-refractivity contribution in [2.75, 3.05) is 6.54 Å². The third-order valence-corrected chi connectivity index (χ3v) is 3.44. The summed E-state index contributed by atoms with van der Waals surface area (Å²) >= 11 is 0. The number of carbonyl (C=O) groups is 1. The number of nitrogens with zero attached hydrogens (tertiary/aromatic N) is 1. The van der Waals surface area contributed by atoms with Crippen LogP contribution in [0.5, 0.6) is 0 Å². The van der Waals surface area contributed by atoms with Crippen molar-refractivity contribution in [3.05, 3.63) is 53.6 Å². The highest BCUT2D eigenvalue weighted by Gasteiger charge is 2.30. The Hall–Kier alpha value is -2.51. The third-order valence-electron chi connectivity index (χ3n) is 3.44. The molecule has 0 spiro atoms. The number of halogens is 3. The number of hydrogen-bond acceptors (Lipinski definition) is 2. The van der Waals surface area contributed by atoms with E-state index in [0.29, 0.717) is 24.1 Å². The van der Waals surface area contributed by atoms with Crippen molar-refractivity contribution in [1.29, 1.82) is 0 Å². The van der Waals surface area contributed by atoms with Crippen LogP contribution in [-0.4, -0.2) is 27.7 Å². The second kappa shape index (κ2) is 7.17. The predicted octanol–water partition coefficient (Wildman–Crippen LogP) is 3.41. The number of carboxylic acid groups (broad SMARTS) is 1. The van der Waals surface area contributed by atoms with Gasteiger partial charge in [0.15, 0.2) is 0 Å². The second-order valence-electron chi connectivity index (χ2n) is 5.11. The molecule has 5 nitrogen and oxygen atoms in total. The van der Waals surface area contributed by atoms with Crippen molar-refractivity contribution in [3.63, 3.8) is 0 Å². The zero-order chi connectivity index (χ0) is 16.9. The molecule has 0 bridgehead atoms. The van der Waals surface area contributed by atoms with Crippen molar-refractivity contribution < 1.29 is 23.1 Å². The van der Waals surface area contributed by atoms with Gasteiger partial charge in [-0.1, -0.05) is 18.2 Å². The lowest BCUT2D eigenvalue weighted by molar-refractivity contribution is -0.137. The van der Waals surface area contributed by atoms with Crippen molar-refractivity contribution in [1.82, 2.24) is 15.3 Å². The largest absolute Gasteiger partial charge is 0.465 e. The highest BCUT2D eigenvalue weighted by molar-refractivity contribution is 5.64. The minimum atomic E-state index is -4.39. The molecule has 0 aliphatic rings. The van der Waals surface area contributed by atoms with Crippen LogP contribution < -0.4 is 5.32 Å². The Balaban J connectivity index is 2.12. The lowest BCUT2D eigenvalue weighted by Crippen LogP contribution is -2.24. The number of amides is 1. The van der Waals surface area contributed by atoms with Crippen LogP contribution in [0.1, 0.15) is 29.2 Å². The highest BCUT2D eigenvalue weighted by atomic mass is 19.4. The molecule has 0 saturated heterocycles. The highest BCUT2D eigenvalue weighted by Crippen LogP contribution is 2.31. The predicted molar refractivity (Wildman–Crippen MR) is 77.1 cm³/mol. The Bertz CT molecular complexity index is 642. The zero-order valence-electron chi connectivity index (χ0n) is 12.1. The molecule has 0 radical (unpaired) electrons. The van der Waals surface area contributed by atoms with Crippen LogP contribution in [0, 0.1) is 0 Å². The van der Waals surface area contributed by atoms with Gasteiger partial charge in [-0.25, -0.2) is 9.78 Å². The van der Waals surface area contributed by atoms with E-state index in [-0.39, 0.29) is 12.5 Å². The summed E-state index contributed by atoms with van der Waals surface area (Å²) in [6.45, 7) is 0.200. The Kier molecular flexibility index (Phi) is 5.25. The van der Waals surface area contributed by atoms with Gasteiger partial charge in [0.2, 0.25) is 0 Å². The molecule has 1 heterocycles. The molecule has 1 atom stereocenters. The maximum Gasteiger partial charge on any atom is 0.416 e. The van der Waals surface area contributed by atoms with Gasteiger partial charge in [-0.05, 0) is 24.5 Å². The van der Waals surface area contributed by atoms with E-state index in [9.17, 15) is 18.0 Å². The molecule has 2 rings (SSSR count). The Morgan fingerprint density at radius 2 is 2.17 bits per heavy atom. The first-order chi connectivity index (χ1) is 10.9. The summed E-state index contributed by atoms with van der Waals surface area (Å²) in [4.78, 5) is 17.5. The van der Waals surface area contributed by atoms with Crippen LogP contribution in [0.15, 0.2) is 36.8 Å². The minimum absolute atomic E-state index is 0.184. The van der Waals surface area contributed by atoms with Gasteiger partial charge >= 0.3 is 12.3 Å². The number of imidazole rings is 1. The van der Waals surface area contributed by atoms with Gasteiger partial charge in [-0.2, -0.15) is 13.2 Å². The summed E-state index contributed by atoms with van der Waals surface area (Å²) in [6.07, 6.45) is -1.59. The smallest absolute Gasteiger partial charge is 0.416 e. The normalized spacial score (nSPS) is 12.8. The van der Waals surface area contributed by atoms with Crippen LogP contribution >= 0.6 is 0 Å². The number of aromatic nitrogens is 2. The van der Waals surface area contributed by atoms with E-state index in [2.05, 4.69) is 15.3 Å². The van der Waals surface area contributed by atoms with E-state index in [4.69, 9.17) is 5.11 Å². The van der Waals surface area contributed by atoms with Crippen molar-refractivity contribution in [3.8, 4) is 0 Å². The van der Waals surface area contributed by atoms with Gasteiger partial charge in [-0.15, -0.1) is 0 Å². The fraction of sp³-hybridized carbons (Fsp3) is 0.333. The number of H-pyrrole nitrogens is 1. The molecule has 0 aliphatic carbocycles. The number of nitrogens with one attached hydrogen (secondary N) is 2. The number of alkyl halides is 3. The molecular weight excluding hydrogens is 311 g/mol. The molecule has 0 fully saturated rings. The zero-order valence-corrected chi connectivity index (χ0v) is 12.1. The molecular formula is C15H16F3N3O2. The number of aromatic amines is 1. The van der Waals surface area contributed by atoms with Crippen molar-refractivity contribution in [2.24, 2.45) is 0 Å². The minimum Gasteiger partial charge on any atom is -0.465 e. The average Bonchev–Trinajstić information content (AvgIpc) is 2.99. The summed E-state index contributed by atoms with van der Waals surface area (Å²) in [5, 5.41) is 10.9. The first-order valence-electron chi connectivity index (χ1n) is 6.98. The van der Waals surface area contributed by atoms with Gasteiger partial charge < -0.3 is 15.4 Å². The summed E-state index contributed by atoms with van der Waals surface area (Å²) in [6, 6.07) is 5.14. The summed E-state index contributed by atoms with van der Waals surface area (Å²) in [5.74, 6) is -0.184. The molecule has 23 heavy (non-hydrogen) atoms. The number of hydrogen-bond donors (Lipinski definition) is 3. The van der Waals surface area contributed by atoms with E-state index in [1.165, 1.54) is 12.4 Å². The first kappa shape index (κ1) is 16.9. The molecule has 0 aliphatic heterocycles. The van der Waals surface area contributed by atoms with Gasteiger partial charge in [0.25, 0.3) is 0 Å². The summed E-state index contributed by atoms with van der Waals surface area (Å²) in [7, 11) is 0. The standard InChI is InChI=1S/C15H16F3N3O2/c16-15(17,18)12-3-1-2-10(7-12)6-11(4-5-20-14(22)23)13-8-19-9-21-13/h1-3,7-9,11,20H,4-6H2,(H,19,21)(H,22,23). The van der Waals surface area contributed by atoms with Crippen molar-refractivity contribution >= 4 is 6.09 Å². The molecule has 2 aromatic rings. The summed E-state index contributed by atoms with van der Waals surface area (Å²) < 4.78 is 38.3. The van der Waals surface area contributed by atoms with Gasteiger partial charge in [-0.3, -0.25) is 0 Å². The fourth-order valence-electron chi connectivity index (χ4n) is 2.36. The quantitative estimate of drug-likeness (QED) is 0.761. The molecule has 1 aromatic carbocycles. The molecule has 124 valence electrons. The summed E-state index contributed by atoms with van der Waals surface area (Å²) in [5.41, 5.74) is 0.525. The van der Waals surface area contributed by atoms with Crippen LogP contribution in [-0.2, 0) is 12.6 Å². The van der Waals surface area contributed by atoms with E-state index in [0.717, 1.165) is 12.1 Å². The van der Waals surface area contributed by atoms with E-state index < -0.39 is 17.8 Å².